The number of alkyl halides is 1. The molecule has 0 spiro atoms. The van der Waals surface area contributed by atoms with Crippen molar-refractivity contribution in [3.8, 4) is 0 Å². The molecule has 1 atom stereocenters. The Morgan fingerprint density at radius 3 is 2.57 bits per heavy atom. The molecular formula is C13H12Cl3N5. The molecule has 8 heteroatoms. The summed E-state index contributed by atoms with van der Waals surface area (Å²) in [4.78, 5) is 4.52. The number of imidazole rings is 1. The standard InChI is InChI=1S/C13H12Cl3N5/c1-7(13-19-17-6-20(13)2)21-11-4-9(16)8(15)3-10(11)18-12(21)5-14/h3-4,6-7H,5H2,1-2H3. The molecule has 0 radical (unpaired) electrons. The molecular weight excluding hydrogens is 333 g/mol. The number of fused-ring (bicyclic) bond motifs is 1. The van der Waals surface area contributed by atoms with Crippen LogP contribution in [0.5, 0.6) is 0 Å². The largest absolute Gasteiger partial charge is 0.319 e. The second-order valence-corrected chi connectivity index (χ2v) is 5.84. The van der Waals surface area contributed by atoms with E-state index in [1.54, 1.807) is 18.5 Å². The van der Waals surface area contributed by atoms with Gasteiger partial charge in [0, 0.05) is 7.05 Å². The second-order valence-electron chi connectivity index (χ2n) is 4.76. The third-order valence-electron chi connectivity index (χ3n) is 3.43. The molecule has 0 amide bonds. The molecule has 0 fully saturated rings. The van der Waals surface area contributed by atoms with Crippen molar-refractivity contribution in [2.45, 2.75) is 18.8 Å². The number of hydrogen-bond donors (Lipinski definition) is 0. The van der Waals surface area contributed by atoms with E-state index in [0.29, 0.717) is 10.0 Å². The van der Waals surface area contributed by atoms with Crippen molar-refractivity contribution in [2.24, 2.45) is 7.05 Å². The Labute approximate surface area is 136 Å². The third kappa shape index (κ3) is 2.39. The summed E-state index contributed by atoms with van der Waals surface area (Å²) < 4.78 is 3.88. The summed E-state index contributed by atoms with van der Waals surface area (Å²) in [5.74, 6) is 1.83. The van der Waals surface area contributed by atoms with Gasteiger partial charge in [-0.1, -0.05) is 23.2 Å². The van der Waals surface area contributed by atoms with E-state index in [2.05, 4.69) is 15.2 Å². The average Bonchev–Trinajstić information content (AvgIpc) is 3.02. The normalized spacial score (nSPS) is 13.0. The number of rotatable bonds is 3. The van der Waals surface area contributed by atoms with Crippen molar-refractivity contribution in [3.63, 3.8) is 0 Å². The number of benzene rings is 1. The fourth-order valence-corrected chi connectivity index (χ4v) is 2.96. The molecule has 0 saturated carbocycles. The second kappa shape index (κ2) is 5.48. The Hall–Kier alpha value is -1.30. The Bertz CT molecular complexity index is 808. The van der Waals surface area contributed by atoms with Crippen LogP contribution >= 0.6 is 34.8 Å². The van der Waals surface area contributed by atoms with E-state index in [9.17, 15) is 0 Å². The first-order valence-electron chi connectivity index (χ1n) is 6.28. The fourth-order valence-electron chi connectivity index (χ4n) is 2.45. The monoisotopic (exact) mass is 343 g/mol. The molecule has 0 N–H and O–H groups in total. The molecule has 1 unspecified atom stereocenters. The van der Waals surface area contributed by atoms with Gasteiger partial charge in [-0.2, -0.15) is 0 Å². The topological polar surface area (TPSA) is 48.5 Å². The summed E-state index contributed by atoms with van der Waals surface area (Å²) in [6.07, 6.45) is 1.66. The van der Waals surface area contributed by atoms with Gasteiger partial charge < -0.3 is 9.13 Å². The first-order valence-corrected chi connectivity index (χ1v) is 7.57. The quantitative estimate of drug-likeness (QED) is 0.679. The molecule has 0 saturated heterocycles. The lowest BCUT2D eigenvalue weighted by Gasteiger charge is -2.16. The maximum absolute atomic E-state index is 6.13. The summed E-state index contributed by atoms with van der Waals surface area (Å²) in [5.41, 5.74) is 1.63. The van der Waals surface area contributed by atoms with E-state index in [4.69, 9.17) is 34.8 Å². The number of hydrogen-bond acceptors (Lipinski definition) is 3. The van der Waals surface area contributed by atoms with Gasteiger partial charge in [0.15, 0.2) is 5.82 Å². The predicted octanol–water partition coefficient (Wildman–Crippen LogP) is 3.82. The molecule has 0 bridgehead atoms. The van der Waals surface area contributed by atoms with Crippen LogP contribution in [0.3, 0.4) is 0 Å². The van der Waals surface area contributed by atoms with Crippen LogP contribution in [-0.4, -0.2) is 24.3 Å². The number of halogens is 3. The first-order chi connectivity index (χ1) is 10.0. The van der Waals surface area contributed by atoms with Gasteiger partial charge >= 0.3 is 0 Å². The van der Waals surface area contributed by atoms with E-state index in [1.807, 2.05) is 23.1 Å². The van der Waals surface area contributed by atoms with Crippen LogP contribution in [-0.2, 0) is 12.9 Å². The molecule has 2 heterocycles. The zero-order valence-electron chi connectivity index (χ0n) is 11.4. The van der Waals surface area contributed by atoms with E-state index in [1.165, 1.54) is 0 Å². The summed E-state index contributed by atoms with van der Waals surface area (Å²) in [6.45, 7) is 2.02. The highest BCUT2D eigenvalue weighted by molar-refractivity contribution is 6.42. The van der Waals surface area contributed by atoms with Crippen molar-refractivity contribution in [2.75, 3.05) is 0 Å². The Morgan fingerprint density at radius 1 is 1.24 bits per heavy atom. The zero-order chi connectivity index (χ0) is 15.1. The van der Waals surface area contributed by atoms with Crippen LogP contribution in [0, 0.1) is 0 Å². The van der Waals surface area contributed by atoms with Gasteiger partial charge in [-0.15, -0.1) is 21.8 Å². The molecule has 0 aliphatic carbocycles. The highest BCUT2D eigenvalue weighted by Gasteiger charge is 2.21. The molecule has 2 aromatic heterocycles. The third-order valence-corrected chi connectivity index (χ3v) is 4.39. The van der Waals surface area contributed by atoms with Gasteiger partial charge in [0.05, 0.1) is 33.0 Å². The van der Waals surface area contributed by atoms with E-state index in [-0.39, 0.29) is 11.9 Å². The van der Waals surface area contributed by atoms with Gasteiger partial charge in [-0.3, -0.25) is 0 Å². The average molecular weight is 345 g/mol. The first kappa shape index (κ1) is 14.6. The lowest BCUT2D eigenvalue weighted by atomic mass is 10.2. The molecule has 5 nitrogen and oxygen atoms in total. The van der Waals surface area contributed by atoms with Crippen LogP contribution in [0.1, 0.15) is 24.6 Å². The minimum absolute atomic E-state index is 0.0755. The minimum Gasteiger partial charge on any atom is -0.319 e. The maximum Gasteiger partial charge on any atom is 0.155 e. The SMILES string of the molecule is CC(c1nncn1C)n1c(CCl)nc2cc(Cl)c(Cl)cc21. The van der Waals surface area contributed by atoms with Crippen molar-refractivity contribution < 1.29 is 0 Å². The van der Waals surface area contributed by atoms with E-state index >= 15 is 0 Å². The summed E-state index contributed by atoms with van der Waals surface area (Å²) in [7, 11) is 1.90. The van der Waals surface area contributed by atoms with Crippen molar-refractivity contribution in [1.29, 1.82) is 0 Å². The molecule has 3 rings (SSSR count). The van der Waals surface area contributed by atoms with E-state index < -0.39 is 0 Å². The van der Waals surface area contributed by atoms with Gasteiger partial charge in [0.1, 0.15) is 12.2 Å². The van der Waals surface area contributed by atoms with Crippen LogP contribution in [0.15, 0.2) is 18.5 Å². The van der Waals surface area contributed by atoms with Crippen LogP contribution in [0.4, 0.5) is 0 Å². The van der Waals surface area contributed by atoms with Crippen molar-refractivity contribution in [3.05, 3.63) is 40.2 Å². The summed E-state index contributed by atoms with van der Waals surface area (Å²) in [5, 5.41) is 9.03. The number of aromatic nitrogens is 5. The molecule has 1 aromatic carbocycles. The minimum atomic E-state index is -0.0755. The van der Waals surface area contributed by atoms with Crippen LogP contribution < -0.4 is 0 Å². The zero-order valence-corrected chi connectivity index (χ0v) is 13.7. The Balaban J connectivity index is 2.25. The molecule has 110 valence electrons. The van der Waals surface area contributed by atoms with Gasteiger partial charge in [0.2, 0.25) is 0 Å². The van der Waals surface area contributed by atoms with Crippen LogP contribution in [0.2, 0.25) is 10.0 Å². The van der Waals surface area contributed by atoms with E-state index in [0.717, 1.165) is 22.7 Å². The predicted molar refractivity (Wildman–Crippen MR) is 84.1 cm³/mol. The fraction of sp³-hybridized carbons (Fsp3) is 0.308. The van der Waals surface area contributed by atoms with Gasteiger partial charge in [-0.25, -0.2) is 4.98 Å². The molecule has 3 aromatic rings. The van der Waals surface area contributed by atoms with Crippen molar-refractivity contribution in [1.82, 2.24) is 24.3 Å². The maximum atomic E-state index is 6.13. The van der Waals surface area contributed by atoms with Crippen LogP contribution in [0.25, 0.3) is 11.0 Å². The molecule has 21 heavy (non-hydrogen) atoms. The Morgan fingerprint density at radius 2 is 1.95 bits per heavy atom. The van der Waals surface area contributed by atoms with Gasteiger partial charge in [0.25, 0.3) is 0 Å². The lowest BCUT2D eigenvalue weighted by Crippen LogP contribution is -2.14. The number of nitrogens with zero attached hydrogens (tertiary/aromatic N) is 5. The summed E-state index contributed by atoms with van der Waals surface area (Å²) >= 11 is 18.2. The number of aryl methyl sites for hydroxylation is 1. The van der Waals surface area contributed by atoms with Gasteiger partial charge in [-0.05, 0) is 19.1 Å². The molecule has 0 aliphatic rings. The summed E-state index contributed by atoms with van der Waals surface area (Å²) in [6, 6.07) is 3.47. The molecule has 0 aliphatic heterocycles. The smallest absolute Gasteiger partial charge is 0.155 e. The Kier molecular flexibility index (Phi) is 3.82. The lowest BCUT2D eigenvalue weighted by molar-refractivity contribution is 0.572. The highest BCUT2D eigenvalue weighted by Crippen LogP contribution is 2.31. The van der Waals surface area contributed by atoms with Crippen molar-refractivity contribution >= 4 is 45.8 Å². The highest BCUT2D eigenvalue weighted by atomic mass is 35.5.